The molecule has 1 fully saturated rings. The maximum atomic E-state index is 11.7. The minimum absolute atomic E-state index is 0.241. The number of amides is 1. The number of hydrogen-bond donors (Lipinski definition) is 2. The van der Waals surface area contributed by atoms with Crippen molar-refractivity contribution in [2.75, 3.05) is 11.9 Å². The van der Waals surface area contributed by atoms with E-state index in [2.05, 4.69) is 51.6 Å². The van der Waals surface area contributed by atoms with Gasteiger partial charge < -0.3 is 15.3 Å². The first-order valence-corrected chi connectivity index (χ1v) is 9.51. The van der Waals surface area contributed by atoms with Crippen LogP contribution >= 0.6 is 11.8 Å². The molecule has 2 aromatic carbocycles. The van der Waals surface area contributed by atoms with Gasteiger partial charge in [-0.3, -0.25) is 9.59 Å². The van der Waals surface area contributed by atoms with Gasteiger partial charge in [0.1, 0.15) is 5.25 Å². The average molecular weight is 396 g/mol. The van der Waals surface area contributed by atoms with E-state index in [0.717, 1.165) is 28.7 Å². The summed E-state index contributed by atoms with van der Waals surface area (Å²) >= 11 is 1.08. The molecule has 8 heteroatoms. The fourth-order valence-corrected chi connectivity index (χ4v) is 3.51. The third-order valence-corrected chi connectivity index (χ3v) is 5.27. The standard InChI is InChI=1S/C20H20N4O3S/c1-13-3-7-15(8-4-13)24(2)16-9-5-14(6-10-16)12-21-23-20-22-19(27)17(28-20)11-18(25)26/h3-10,12,17H,11H2,1-2H3,(H,25,26)(H,22,23,27). The molecule has 1 unspecified atom stereocenters. The number of carbonyl (C=O) groups is 2. The van der Waals surface area contributed by atoms with Crippen LogP contribution in [-0.4, -0.2) is 40.7 Å². The zero-order valence-electron chi connectivity index (χ0n) is 15.5. The number of carboxylic acids is 1. The minimum atomic E-state index is -1.02. The summed E-state index contributed by atoms with van der Waals surface area (Å²) in [5, 5.41) is 18.9. The predicted molar refractivity (Wildman–Crippen MR) is 112 cm³/mol. The van der Waals surface area contributed by atoms with Crippen LogP contribution in [0.15, 0.2) is 58.7 Å². The lowest BCUT2D eigenvalue weighted by atomic mass is 10.2. The van der Waals surface area contributed by atoms with Crippen LogP contribution in [0, 0.1) is 6.92 Å². The molecule has 0 aliphatic carbocycles. The summed E-state index contributed by atoms with van der Waals surface area (Å²) < 4.78 is 0. The van der Waals surface area contributed by atoms with E-state index in [1.807, 2.05) is 31.3 Å². The number of carboxylic acid groups (broad SMARTS) is 1. The molecule has 1 aliphatic rings. The highest BCUT2D eigenvalue weighted by Crippen LogP contribution is 2.24. The van der Waals surface area contributed by atoms with E-state index < -0.39 is 11.2 Å². The van der Waals surface area contributed by atoms with Gasteiger partial charge in [0, 0.05) is 18.4 Å². The molecule has 28 heavy (non-hydrogen) atoms. The van der Waals surface area contributed by atoms with Gasteiger partial charge in [0.15, 0.2) is 5.17 Å². The maximum absolute atomic E-state index is 11.7. The average Bonchev–Trinajstić information content (AvgIpc) is 3.01. The summed E-state index contributed by atoms with van der Waals surface area (Å²) in [6, 6.07) is 16.1. The molecular formula is C20H20N4O3S. The molecule has 3 rings (SSSR count). The van der Waals surface area contributed by atoms with Crippen molar-refractivity contribution in [3.05, 3.63) is 59.7 Å². The third kappa shape index (κ3) is 4.98. The number of aryl methyl sites for hydroxylation is 1. The molecule has 1 atom stereocenters. The number of aliphatic carboxylic acids is 1. The lowest BCUT2D eigenvalue weighted by molar-refractivity contribution is -0.138. The molecule has 7 nitrogen and oxygen atoms in total. The number of anilines is 2. The van der Waals surface area contributed by atoms with Gasteiger partial charge in [-0.2, -0.15) is 5.10 Å². The van der Waals surface area contributed by atoms with Crippen molar-refractivity contribution >= 4 is 46.4 Å². The van der Waals surface area contributed by atoms with E-state index >= 15 is 0 Å². The Morgan fingerprint density at radius 3 is 2.39 bits per heavy atom. The molecular weight excluding hydrogens is 376 g/mol. The number of amidine groups is 1. The second-order valence-electron chi connectivity index (χ2n) is 6.33. The molecule has 1 amide bonds. The summed E-state index contributed by atoms with van der Waals surface area (Å²) in [5.41, 5.74) is 4.23. The van der Waals surface area contributed by atoms with Crippen LogP contribution in [-0.2, 0) is 9.59 Å². The molecule has 1 saturated heterocycles. The van der Waals surface area contributed by atoms with Crippen LogP contribution in [0.3, 0.4) is 0 Å². The van der Waals surface area contributed by atoms with E-state index in [1.165, 1.54) is 5.56 Å². The van der Waals surface area contributed by atoms with Crippen molar-refractivity contribution in [1.82, 2.24) is 5.32 Å². The van der Waals surface area contributed by atoms with Crippen molar-refractivity contribution in [1.29, 1.82) is 0 Å². The summed E-state index contributed by atoms with van der Waals surface area (Å²) in [6.45, 7) is 2.06. The van der Waals surface area contributed by atoms with Gasteiger partial charge in [-0.25, -0.2) is 0 Å². The predicted octanol–water partition coefficient (Wildman–Crippen LogP) is 3.16. The zero-order valence-corrected chi connectivity index (χ0v) is 16.3. The molecule has 0 spiro atoms. The van der Waals surface area contributed by atoms with Crippen LogP contribution in [0.25, 0.3) is 0 Å². The molecule has 144 valence electrons. The fourth-order valence-electron chi connectivity index (χ4n) is 2.59. The molecule has 2 N–H and O–H groups in total. The van der Waals surface area contributed by atoms with Crippen LogP contribution in [0.5, 0.6) is 0 Å². The number of nitrogens with zero attached hydrogens (tertiary/aromatic N) is 3. The Bertz CT molecular complexity index is 923. The van der Waals surface area contributed by atoms with Crippen molar-refractivity contribution in [2.45, 2.75) is 18.6 Å². The van der Waals surface area contributed by atoms with Gasteiger partial charge >= 0.3 is 5.97 Å². The minimum Gasteiger partial charge on any atom is -0.481 e. The zero-order chi connectivity index (χ0) is 20.1. The van der Waals surface area contributed by atoms with Gasteiger partial charge in [-0.15, -0.1) is 5.10 Å². The number of hydrogen-bond acceptors (Lipinski definition) is 6. The highest BCUT2D eigenvalue weighted by atomic mass is 32.2. The summed E-state index contributed by atoms with van der Waals surface area (Å²) in [7, 11) is 2.01. The van der Waals surface area contributed by atoms with Gasteiger partial charge in [-0.05, 0) is 36.8 Å². The van der Waals surface area contributed by atoms with E-state index in [1.54, 1.807) is 6.21 Å². The number of rotatable bonds is 6. The van der Waals surface area contributed by atoms with E-state index in [0.29, 0.717) is 5.17 Å². The first-order valence-electron chi connectivity index (χ1n) is 8.63. The highest BCUT2D eigenvalue weighted by molar-refractivity contribution is 8.15. The monoisotopic (exact) mass is 396 g/mol. The Labute approximate surface area is 167 Å². The number of nitrogens with one attached hydrogen (secondary N) is 1. The fraction of sp³-hybridized carbons (Fsp3) is 0.200. The van der Waals surface area contributed by atoms with Gasteiger partial charge in [0.2, 0.25) is 5.91 Å². The Morgan fingerprint density at radius 1 is 1.18 bits per heavy atom. The second kappa shape index (κ2) is 8.71. The maximum Gasteiger partial charge on any atom is 0.305 e. The van der Waals surface area contributed by atoms with Crippen molar-refractivity contribution in [3.63, 3.8) is 0 Å². The Morgan fingerprint density at radius 2 is 1.79 bits per heavy atom. The van der Waals surface area contributed by atoms with E-state index in [9.17, 15) is 9.59 Å². The normalized spacial score (nSPS) is 17.9. The Hall–Kier alpha value is -3.13. The molecule has 1 heterocycles. The first-order chi connectivity index (χ1) is 13.4. The van der Waals surface area contributed by atoms with Gasteiger partial charge in [0.25, 0.3) is 0 Å². The summed E-state index contributed by atoms with van der Waals surface area (Å²) in [5.74, 6) is -1.38. The molecule has 0 saturated carbocycles. The van der Waals surface area contributed by atoms with Crippen molar-refractivity contribution in [2.24, 2.45) is 10.2 Å². The Kier molecular flexibility index (Phi) is 6.10. The van der Waals surface area contributed by atoms with E-state index in [4.69, 9.17) is 5.11 Å². The van der Waals surface area contributed by atoms with E-state index in [-0.39, 0.29) is 12.3 Å². The van der Waals surface area contributed by atoms with Gasteiger partial charge in [0.05, 0.1) is 12.6 Å². The molecule has 1 aliphatic heterocycles. The number of thioether (sulfide) groups is 1. The molecule has 0 radical (unpaired) electrons. The summed E-state index contributed by atoms with van der Waals surface area (Å²) in [4.78, 5) is 24.5. The first kappa shape index (κ1) is 19.6. The number of benzene rings is 2. The van der Waals surface area contributed by atoms with Crippen molar-refractivity contribution < 1.29 is 14.7 Å². The van der Waals surface area contributed by atoms with Crippen molar-refractivity contribution in [3.8, 4) is 0 Å². The summed E-state index contributed by atoms with van der Waals surface area (Å²) in [6.07, 6.45) is 1.34. The van der Waals surface area contributed by atoms with Crippen LogP contribution in [0.4, 0.5) is 11.4 Å². The molecule has 0 bridgehead atoms. The Balaban J connectivity index is 1.62. The lowest BCUT2D eigenvalue weighted by Gasteiger charge is -2.19. The molecule has 2 aromatic rings. The second-order valence-corrected chi connectivity index (χ2v) is 7.52. The largest absolute Gasteiger partial charge is 0.481 e. The number of carbonyl (C=O) groups excluding carboxylic acids is 1. The molecule has 0 aromatic heterocycles. The highest BCUT2D eigenvalue weighted by Gasteiger charge is 2.32. The third-order valence-electron chi connectivity index (χ3n) is 4.19. The lowest BCUT2D eigenvalue weighted by Crippen LogP contribution is -2.26. The quantitative estimate of drug-likeness (QED) is 0.578. The smallest absolute Gasteiger partial charge is 0.305 e. The van der Waals surface area contributed by atoms with Crippen LogP contribution < -0.4 is 10.2 Å². The van der Waals surface area contributed by atoms with Gasteiger partial charge in [-0.1, -0.05) is 41.6 Å². The SMILES string of the molecule is Cc1ccc(N(C)c2ccc(C=NN=C3NC(=O)C(CC(=O)O)S3)cc2)cc1. The topological polar surface area (TPSA) is 94.4 Å². The van der Waals surface area contributed by atoms with Crippen LogP contribution in [0.2, 0.25) is 0 Å². The van der Waals surface area contributed by atoms with Crippen LogP contribution in [0.1, 0.15) is 17.5 Å².